The number of carbonyl (C=O) groups is 1. The normalized spacial score (nSPS) is 21.0. The summed E-state index contributed by atoms with van der Waals surface area (Å²) in [6, 6.07) is 4.75. The van der Waals surface area contributed by atoms with E-state index in [1.165, 1.54) is 18.9 Å². The van der Waals surface area contributed by atoms with Crippen molar-refractivity contribution in [2.24, 2.45) is 5.41 Å². The lowest BCUT2D eigenvalue weighted by molar-refractivity contribution is -0.0221. The Morgan fingerprint density at radius 3 is 2.39 bits per heavy atom. The lowest BCUT2D eigenvalue weighted by Gasteiger charge is -2.35. The van der Waals surface area contributed by atoms with E-state index in [1.807, 2.05) is 4.90 Å². The second-order valence-electron chi connectivity index (χ2n) is 11.6. The number of anilines is 4. The number of amides is 1. The first-order valence-corrected chi connectivity index (χ1v) is 15.8. The number of aliphatic hydroxyl groups is 1. The van der Waals surface area contributed by atoms with Gasteiger partial charge in [-0.05, 0) is 49.3 Å². The van der Waals surface area contributed by atoms with Crippen molar-refractivity contribution in [1.82, 2.24) is 15.3 Å². The molecule has 3 fully saturated rings. The molecule has 0 unspecified atom stereocenters. The zero-order valence-electron chi connectivity index (χ0n) is 22.8. The average Bonchev–Trinajstić information content (AvgIpc) is 3.50. The van der Waals surface area contributed by atoms with Crippen LogP contribution in [-0.2, 0) is 23.1 Å². The number of hydrogen-bond acceptors (Lipinski definition) is 9. The number of halogens is 2. The van der Waals surface area contributed by atoms with Crippen LogP contribution in [0.5, 0.6) is 0 Å². The van der Waals surface area contributed by atoms with Gasteiger partial charge in [0.2, 0.25) is 16.0 Å². The molecular weight excluding hydrogens is 556 g/mol. The van der Waals surface area contributed by atoms with Gasteiger partial charge in [0.15, 0.2) is 0 Å². The molecule has 6 rings (SSSR count). The minimum Gasteiger partial charge on any atom is -0.395 e. The quantitative estimate of drug-likeness (QED) is 0.365. The Morgan fingerprint density at radius 1 is 1.00 bits per heavy atom. The van der Waals surface area contributed by atoms with Gasteiger partial charge in [-0.25, -0.2) is 22.2 Å². The number of carbonyl (C=O) groups excluding carboxylic acids is 1. The van der Waals surface area contributed by atoms with Gasteiger partial charge in [0.25, 0.3) is 11.8 Å². The van der Waals surface area contributed by atoms with Gasteiger partial charge in [0.05, 0.1) is 35.0 Å². The van der Waals surface area contributed by atoms with Crippen LogP contribution in [0.4, 0.5) is 31.9 Å². The number of nitrogens with zero attached hydrogens (tertiary/aromatic N) is 4. The molecule has 222 valence electrons. The minimum absolute atomic E-state index is 0.0963. The predicted octanol–water partition coefficient (Wildman–Crippen LogP) is 2.68. The Kier molecular flexibility index (Phi) is 7.27. The highest BCUT2D eigenvalue weighted by Crippen LogP contribution is 2.54. The zero-order valence-corrected chi connectivity index (χ0v) is 23.6. The molecule has 1 aliphatic carbocycles. The first-order valence-electron chi connectivity index (χ1n) is 14.1. The number of sulfonamides is 1. The molecule has 14 heteroatoms. The molecule has 0 bridgehead atoms. The van der Waals surface area contributed by atoms with Crippen LogP contribution in [-0.4, -0.2) is 73.9 Å². The van der Waals surface area contributed by atoms with Gasteiger partial charge in [-0.2, -0.15) is 4.98 Å². The summed E-state index contributed by atoms with van der Waals surface area (Å²) in [5.74, 6) is -2.91. The fourth-order valence-electron chi connectivity index (χ4n) is 5.98. The molecule has 1 spiro atoms. The highest BCUT2D eigenvalue weighted by Gasteiger charge is 2.44. The number of piperidine rings is 2. The predicted molar refractivity (Wildman–Crippen MR) is 151 cm³/mol. The van der Waals surface area contributed by atoms with E-state index < -0.39 is 34.2 Å². The van der Waals surface area contributed by atoms with Crippen molar-refractivity contribution in [2.45, 2.75) is 57.5 Å². The molecule has 4 N–H and O–H groups in total. The van der Waals surface area contributed by atoms with Crippen LogP contribution in [0.3, 0.4) is 0 Å². The molecule has 1 aromatic heterocycles. The standard InChI is InChI=1S/C27H35F2N7O4S/c28-27(29)7-11-36(12-8-27)23-20-16-30-17-21(20)31-25(32-23)33-24(38)19-2-1-18(34-41(39,40)14-13-37)15-22(19)35-9-5-26(3-4-26)6-10-35/h1-2,15,30,34,37H,3-14,16-17H2,(H,31,32,33,38). The molecule has 1 aromatic carbocycles. The topological polar surface area (TPSA) is 140 Å². The van der Waals surface area contributed by atoms with Gasteiger partial charge in [0, 0.05) is 57.7 Å². The number of nitrogens with one attached hydrogen (secondary N) is 3. The Morgan fingerprint density at radius 2 is 1.71 bits per heavy atom. The van der Waals surface area contributed by atoms with E-state index in [0.717, 1.165) is 37.2 Å². The second-order valence-corrected chi connectivity index (χ2v) is 13.4. The van der Waals surface area contributed by atoms with Crippen molar-refractivity contribution in [2.75, 3.05) is 58.4 Å². The van der Waals surface area contributed by atoms with Crippen molar-refractivity contribution in [3.8, 4) is 0 Å². The van der Waals surface area contributed by atoms with Gasteiger partial charge in [0.1, 0.15) is 5.82 Å². The molecule has 0 atom stereocenters. The molecule has 4 aliphatic rings. The third kappa shape index (κ3) is 6.09. The maximum Gasteiger partial charge on any atom is 0.260 e. The number of benzene rings is 1. The molecule has 1 saturated carbocycles. The summed E-state index contributed by atoms with van der Waals surface area (Å²) < 4.78 is 54.7. The molecular formula is C27H35F2N7O4S. The van der Waals surface area contributed by atoms with Crippen LogP contribution in [0.1, 0.15) is 60.1 Å². The highest BCUT2D eigenvalue weighted by molar-refractivity contribution is 7.92. The molecule has 2 aromatic rings. The Labute approximate surface area is 237 Å². The number of fused-ring (bicyclic) bond motifs is 1. The minimum atomic E-state index is -3.75. The van der Waals surface area contributed by atoms with Crippen LogP contribution < -0.4 is 25.2 Å². The lowest BCUT2D eigenvalue weighted by atomic mass is 9.93. The number of aromatic nitrogens is 2. The van der Waals surface area contributed by atoms with E-state index in [0.29, 0.717) is 41.3 Å². The smallest absolute Gasteiger partial charge is 0.260 e. The second kappa shape index (κ2) is 10.6. The molecule has 3 aliphatic heterocycles. The van der Waals surface area contributed by atoms with Gasteiger partial charge < -0.3 is 20.2 Å². The summed E-state index contributed by atoms with van der Waals surface area (Å²) in [6.45, 7) is 2.34. The number of alkyl halides is 2. The first kappa shape index (κ1) is 28.0. The van der Waals surface area contributed by atoms with E-state index in [9.17, 15) is 22.0 Å². The van der Waals surface area contributed by atoms with Gasteiger partial charge in [-0.3, -0.25) is 14.8 Å². The molecule has 4 heterocycles. The SMILES string of the molecule is O=C(Nc1nc2c(c(N3CCC(F)(F)CC3)n1)CNC2)c1ccc(NS(=O)(=O)CCO)cc1N1CCC2(CC1)CC2. The van der Waals surface area contributed by atoms with E-state index >= 15 is 0 Å². The van der Waals surface area contributed by atoms with Crippen LogP contribution in [0.15, 0.2) is 18.2 Å². The van der Waals surface area contributed by atoms with Gasteiger partial charge in [-0.15, -0.1) is 0 Å². The highest BCUT2D eigenvalue weighted by atomic mass is 32.2. The molecule has 41 heavy (non-hydrogen) atoms. The van der Waals surface area contributed by atoms with Crippen molar-refractivity contribution in [3.05, 3.63) is 35.0 Å². The molecule has 2 saturated heterocycles. The Balaban J connectivity index is 1.28. The third-order valence-electron chi connectivity index (χ3n) is 8.68. The van der Waals surface area contributed by atoms with Gasteiger partial charge >= 0.3 is 0 Å². The Hall–Kier alpha value is -3.10. The fourth-order valence-corrected chi connectivity index (χ4v) is 6.81. The van der Waals surface area contributed by atoms with E-state index in [-0.39, 0.29) is 31.9 Å². The van der Waals surface area contributed by atoms with Crippen molar-refractivity contribution in [3.63, 3.8) is 0 Å². The average molecular weight is 592 g/mol. The van der Waals surface area contributed by atoms with Crippen molar-refractivity contribution < 1.29 is 27.1 Å². The van der Waals surface area contributed by atoms with E-state index in [1.54, 1.807) is 12.1 Å². The summed E-state index contributed by atoms with van der Waals surface area (Å²) >= 11 is 0. The Bertz CT molecular complexity index is 1430. The number of hydrogen-bond donors (Lipinski definition) is 4. The largest absolute Gasteiger partial charge is 0.395 e. The monoisotopic (exact) mass is 591 g/mol. The van der Waals surface area contributed by atoms with Crippen LogP contribution in [0.2, 0.25) is 0 Å². The van der Waals surface area contributed by atoms with E-state index in [4.69, 9.17) is 5.11 Å². The molecule has 0 radical (unpaired) electrons. The summed E-state index contributed by atoms with van der Waals surface area (Å²) in [5, 5.41) is 15.1. The number of rotatable bonds is 8. The molecule has 11 nitrogen and oxygen atoms in total. The van der Waals surface area contributed by atoms with Crippen LogP contribution >= 0.6 is 0 Å². The van der Waals surface area contributed by atoms with Crippen molar-refractivity contribution in [1.29, 1.82) is 0 Å². The third-order valence-corrected chi connectivity index (χ3v) is 9.95. The lowest BCUT2D eigenvalue weighted by Crippen LogP contribution is -2.40. The van der Waals surface area contributed by atoms with Crippen LogP contribution in [0, 0.1) is 5.41 Å². The van der Waals surface area contributed by atoms with E-state index in [2.05, 4.69) is 30.2 Å². The van der Waals surface area contributed by atoms with Crippen molar-refractivity contribution >= 4 is 39.1 Å². The zero-order chi connectivity index (χ0) is 28.8. The summed E-state index contributed by atoms with van der Waals surface area (Å²) in [4.78, 5) is 26.8. The fraction of sp³-hybridized carbons (Fsp3) is 0.593. The van der Waals surface area contributed by atoms with Gasteiger partial charge in [-0.1, -0.05) is 0 Å². The summed E-state index contributed by atoms with van der Waals surface area (Å²) in [5.41, 5.74) is 3.24. The maximum atomic E-state index is 13.8. The maximum absolute atomic E-state index is 13.8. The molecule has 1 amide bonds. The van der Waals surface area contributed by atoms with Crippen LogP contribution in [0.25, 0.3) is 0 Å². The number of aliphatic hydroxyl groups excluding tert-OH is 1. The summed E-state index contributed by atoms with van der Waals surface area (Å²) in [7, 11) is -3.75. The first-order chi connectivity index (χ1) is 19.6. The summed E-state index contributed by atoms with van der Waals surface area (Å²) in [6.07, 6.45) is 3.94.